The average molecular weight is 246 g/mol. The number of benzene rings is 1. The third-order valence-electron chi connectivity index (χ3n) is 3.27. The number of carbonyl (C=O) groups is 2. The summed E-state index contributed by atoms with van der Waals surface area (Å²) < 4.78 is 0. The van der Waals surface area contributed by atoms with Crippen molar-refractivity contribution in [3.8, 4) is 0 Å². The summed E-state index contributed by atoms with van der Waals surface area (Å²) in [7, 11) is 0. The Kier molecular flexibility index (Phi) is 3.65. The second-order valence-electron chi connectivity index (χ2n) is 4.61. The highest BCUT2D eigenvalue weighted by Gasteiger charge is 2.37. The molecule has 1 heterocycles. The molecular weight excluding hydrogens is 228 g/mol. The second kappa shape index (κ2) is 5.21. The van der Waals surface area contributed by atoms with Gasteiger partial charge in [-0.1, -0.05) is 37.3 Å². The minimum Gasteiger partial charge on any atom is -0.343 e. The lowest BCUT2D eigenvalue weighted by molar-refractivity contribution is -0.149. The number of nitrogens with zero attached hydrogens (tertiary/aromatic N) is 1. The Hall–Kier alpha value is -1.84. The zero-order valence-corrected chi connectivity index (χ0v) is 10.7. The number of rotatable bonds is 3. The van der Waals surface area contributed by atoms with Gasteiger partial charge in [0, 0.05) is 6.54 Å². The van der Waals surface area contributed by atoms with Crippen LogP contribution < -0.4 is 5.32 Å². The smallest absolute Gasteiger partial charge is 0.245 e. The Labute approximate surface area is 107 Å². The number of amides is 2. The van der Waals surface area contributed by atoms with Gasteiger partial charge in [0.15, 0.2) is 0 Å². The van der Waals surface area contributed by atoms with Gasteiger partial charge in [0.2, 0.25) is 11.8 Å². The van der Waals surface area contributed by atoms with Gasteiger partial charge in [-0.3, -0.25) is 9.59 Å². The van der Waals surface area contributed by atoms with Crippen molar-refractivity contribution in [3.05, 3.63) is 35.9 Å². The van der Waals surface area contributed by atoms with Gasteiger partial charge in [-0.15, -0.1) is 0 Å². The van der Waals surface area contributed by atoms with Gasteiger partial charge in [-0.2, -0.15) is 0 Å². The Morgan fingerprint density at radius 1 is 1.22 bits per heavy atom. The van der Waals surface area contributed by atoms with E-state index in [1.807, 2.05) is 37.3 Å². The van der Waals surface area contributed by atoms with E-state index in [1.54, 1.807) is 11.8 Å². The third kappa shape index (κ3) is 2.37. The SMILES string of the molecule is CC[C@@H]1C(=O)N[C@@H](C)C(=O)N1Cc1ccccc1. The Balaban J connectivity index is 2.21. The molecule has 0 unspecified atom stereocenters. The molecule has 1 aliphatic heterocycles. The molecule has 1 fully saturated rings. The Morgan fingerprint density at radius 3 is 2.50 bits per heavy atom. The first-order valence-corrected chi connectivity index (χ1v) is 6.28. The fourth-order valence-corrected chi connectivity index (χ4v) is 2.29. The second-order valence-corrected chi connectivity index (χ2v) is 4.61. The van der Waals surface area contributed by atoms with Gasteiger partial charge in [-0.25, -0.2) is 0 Å². The topological polar surface area (TPSA) is 49.4 Å². The van der Waals surface area contributed by atoms with Crippen LogP contribution >= 0.6 is 0 Å². The number of hydrogen-bond donors (Lipinski definition) is 1. The van der Waals surface area contributed by atoms with Crippen LogP contribution in [0.5, 0.6) is 0 Å². The van der Waals surface area contributed by atoms with Crippen molar-refractivity contribution >= 4 is 11.8 Å². The molecule has 1 aromatic carbocycles. The molecule has 0 aliphatic carbocycles. The molecule has 0 spiro atoms. The monoisotopic (exact) mass is 246 g/mol. The number of nitrogens with one attached hydrogen (secondary N) is 1. The van der Waals surface area contributed by atoms with Crippen LogP contribution in [0.3, 0.4) is 0 Å². The van der Waals surface area contributed by atoms with E-state index in [0.29, 0.717) is 13.0 Å². The van der Waals surface area contributed by atoms with Crippen molar-refractivity contribution in [1.29, 1.82) is 0 Å². The van der Waals surface area contributed by atoms with Gasteiger partial charge >= 0.3 is 0 Å². The standard InChI is InChI=1S/C14H18N2O2/c1-3-12-13(17)15-10(2)14(18)16(12)9-11-7-5-4-6-8-11/h4-8,10,12H,3,9H2,1-2H3,(H,15,17)/t10-,12+/m0/s1. The lowest BCUT2D eigenvalue weighted by Crippen LogP contribution is -2.61. The van der Waals surface area contributed by atoms with E-state index in [9.17, 15) is 9.59 Å². The molecule has 4 nitrogen and oxygen atoms in total. The molecule has 2 rings (SSSR count). The van der Waals surface area contributed by atoms with E-state index in [1.165, 1.54) is 0 Å². The van der Waals surface area contributed by atoms with Crippen molar-refractivity contribution in [2.75, 3.05) is 0 Å². The predicted octanol–water partition coefficient (Wildman–Crippen LogP) is 1.31. The largest absolute Gasteiger partial charge is 0.343 e. The van der Waals surface area contributed by atoms with E-state index < -0.39 is 6.04 Å². The molecule has 2 amide bonds. The highest BCUT2D eigenvalue weighted by molar-refractivity contribution is 5.96. The summed E-state index contributed by atoms with van der Waals surface area (Å²) in [4.78, 5) is 25.7. The molecule has 2 atom stereocenters. The first-order valence-electron chi connectivity index (χ1n) is 6.28. The quantitative estimate of drug-likeness (QED) is 0.874. The van der Waals surface area contributed by atoms with Crippen LogP contribution in [0.25, 0.3) is 0 Å². The normalized spacial score (nSPS) is 24.0. The average Bonchev–Trinajstić information content (AvgIpc) is 2.37. The van der Waals surface area contributed by atoms with Crippen molar-refractivity contribution < 1.29 is 9.59 Å². The van der Waals surface area contributed by atoms with Crippen LogP contribution in [-0.2, 0) is 16.1 Å². The molecule has 0 bridgehead atoms. The van der Waals surface area contributed by atoms with Gasteiger partial charge in [0.25, 0.3) is 0 Å². The van der Waals surface area contributed by atoms with E-state index in [4.69, 9.17) is 0 Å². The molecule has 0 radical (unpaired) electrons. The van der Waals surface area contributed by atoms with Crippen molar-refractivity contribution in [3.63, 3.8) is 0 Å². The predicted molar refractivity (Wildman–Crippen MR) is 68.7 cm³/mol. The Bertz CT molecular complexity index is 444. The summed E-state index contributed by atoms with van der Waals surface area (Å²) in [5.41, 5.74) is 1.05. The molecule has 1 N–H and O–H groups in total. The van der Waals surface area contributed by atoms with Crippen LogP contribution in [-0.4, -0.2) is 28.8 Å². The summed E-state index contributed by atoms with van der Waals surface area (Å²) in [6.07, 6.45) is 0.636. The minimum atomic E-state index is -0.427. The van der Waals surface area contributed by atoms with Gasteiger partial charge in [0.05, 0.1) is 0 Å². The fourth-order valence-electron chi connectivity index (χ4n) is 2.29. The molecular formula is C14H18N2O2. The summed E-state index contributed by atoms with van der Waals surface area (Å²) in [6, 6.07) is 8.98. The van der Waals surface area contributed by atoms with Crippen molar-refractivity contribution in [2.24, 2.45) is 0 Å². The highest BCUT2D eigenvalue weighted by Crippen LogP contribution is 2.16. The number of carbonyl (C=O) groups excluding carboxylic acids is 2. The van der Waals surface area contributed by atoms with Crippen LogP contribution in [0.2, 0.25) is 0 Å². The maximum atomic E-state index is 12.2. The van der Waals surface area contributed by atoms with Crippen LogP contribution in [0.4, 0.5) is 0 Å². The maximum Gasteiger partial charge on any atom is 0.245 e. The summed E-state index contributed by atoms with van der Waals surface area (Å²) in [6.45, 7) is 4.14. The van der Waals surface area contributed by atoms with Crippen LogP contribution in [0, 0.1) is 0 Å². The molecule has 0 saturated carbocycles. The molecule has 18 heavy (non-hydrogen) atoms. The van der Waals surface area contributed by atoms with Gasteiger partial charge in [-0.05, 0) is 18.9 Å². The molecule has 1 saturated heterocycles. The van der Waals surface area contributed by atoms with E-state index >= 15 is 0 Å². The van der Waals surface area contributed by atoms with Crippen LogP contribution in [0.1, 0.15) is 25.8 Å². The van der Waals surface area contributed by atoms with E-state index in [2.05, 4.69) is 5.32 Å². The third-order valence-corrected chi connectivity index (χ3v) is 3.27. The summed E-state index contributed by atoms with van der Waals surface area (Å²) >= 11 is 0. The highest BCUT2D eigenvalue weighted by atomic mass is 16.2. The molecule has 1 aliphatic rings. The first kappa shape index (κ1) is 12.6. The van der Waals surface area contributed by atoms with E-state index in [0.717, 1.165) is 5.56 Å². The maximum absolute atomic E-state index is 12.2. The molecule has 4 heteroatoms. The fraction of sp³-hybridized carbons (Fsp3) is 0.429. The van der Waals surface area contributed by atoms with Crippen LogP contribution in [0.15, 0.2) is 30.3 Å². The first-order chi connectivity index (χ1) is 8.63. The molecule has 1 aromatic rings. The van der Waals surface area contributed by atoms with Gasteiger partial charge in [0.1, 0.15) is 12.1 Å². The van der Waals surface area contributed by atoms with Crippen molar-refractivity contribution in [1.82, 2.24) is 10.2 Å². The molecule has 0 aromatic heterocycles. The Morgan fingerprint density at radius 2 is 1.89 bits per heavy atom. The van der Waals surface area contributed by atoms with Gasteiger partial charge < -0.3 is 10.2 Å². The zero-order valence-electron chi connectivity index (χ0n) is 10.7. The molecule has 96 valence electrons. The van der Waals surface area contributed by atoms with E-state index in [-0.39, 0.29) is 17.9 Å². The number of hydrogen-bond acceptors (Lipinski definition) is 2. The lowest BCUT2D eigenvalue weighted by Gasteiger charge is -2.37. The summed E-state index contributed by atoms with van der Waals surface area (Å²) in [5.74, 6) is -0.0640. The minimum absolute atomic E-state index is 0.00898. The van der Waals surface area contributed by atoms with Crippen molar-refractivity contribution in [2.45, 2.75) is 38.9 Å². The zero-order chi connectivity index (χ0) is 13.1. The summed E-state index contributed by atoms with van der Waals surface area (Å²) in [5, 5.41) is 2.72. The lowest BCUT2D eigenvalue weighted by atomic mass is 10.0. The number of piperazine rings is 1.